The first kappa shape index (κ1) is 34.8. The Morgan fingerprint density at radius 1 is 1.18 bits per heavy atom. The van der Waals surface area contributed by atoms with Crippen molar-refractivity contribution in [1.29, 1.82) is 0 Å². The Bertz CT molecular complexity index is 1410. The standard InChI is InChI=1S/C29H36Cl2N6O4S2.ClH/c1-35(6-3-11-40-2)17-24-25(23-15-21(30)18-42-23)33-29(43-24)34-27(38)20-14-22(31)26(32-16-20)36-7-4-19(5-8-36)28(39)37-9-12-41-13-10-37;/h14-16,18-19H,3-13,17H2,1-2H3,(H,33,34,38);1H. The van der Waals surface area contributed by atoms with E-state index in [4.69, 9.17) is 37.7 Å². The van der Waals surface area contributed by atoms with Gasteiger partial charge in [-0.2, -0.15) is 0 Å². The zero-order chi connectivity index (χ0) is 30.3. The number of carbonyl (C=O) groups excluding carboxylic acids is 2. The quantitative estimate of drug-likeness (QED) is 0.251. The van der Waals surface area contributed by atoms with Crippen molar-refractivity contribution in [3.05, 3.63) is 44.2 Å². The van der Waals surface area contributed by atoms with Gasteiger partial charge in [0.2, 0.25) is 5.91 Å². The fourth-order valence-electron chi connectivity index (χ4n) is 5.28. The number of morpholine rings is 1. The van der Waals surface area contributed by atoms with Gasteiger partial charge in [0.05, 0.1) is 39.4 Å². The molecule has 2 aliphatic heterocycles. The first-order chi connectivity index (χ1) is 20.8. The van der Waals surface area contributed by atoms with Gasteiger partial charge < -0.3 is 24.2 Å². The Balaban J connectivity index is 0.00000442. The molecule has 0 aromatic carbocycles. The Morgan fingerprint density at radius 3 is 2.59 bits per heavy atom. The number of hydrogen-bond acceptors (Lipinski definition) is 10. The van der Waals surface area contributed by atoms with Crippen LogP contribution in [0.25, 0.3) is 10.6 Å². The number of hydrogen-bond donors (Lipinski definition) is 1. The molecular weight excluding hydrogens is 667 g/mol. The SMILES string of the molecule is COCCCN(C)Cc1sc(NC(=O)c2cnc(N3CCC(C(=O)N4CCOCC4)CC3)c(Cl)c2)nc1-c1cc(Cl)cs1.Cl. The zero-order valence-electron chi connectivity index (χ0n) is 24.7. The van der Waals surface area contributed by atoms with E-state index in [2.05, 4.69) is 27.1 Å². The monoisotopic (exact) mass is 702 g/mol. The van der Waals surface area contributed by atoms with E-state index in [9.17, 15) is 9.59 Å². The molecule has 2 amide bonds. The molecule has 2 saturated heterocycles. The van der Waals surface area contributed by atoms with Crippen molar-refractivity contribution in [2.24, 2.45) is 5.92 Å². The molecule has 240 valence electrons. The Labute approximate surface area is 282 Å². The van der Waals surface area contributed by atoms with E-state index in [0.717, 1.165) is 41.3 Å². The smallest absolute Gasteiger partial charge is 0.259 e. The van der Waals surface area contributed by atoms with Crippen LogP contribution in [0.4, 0.5) is 10.9 Å². The third-order valence-corrected chi connectivity index (χ3v) is 10.1. The van der Waals surface area contributed by atoms with E-state index < -0.39 is 0 Å². The molecule has 0 spiro atoms. The molecule has 2 aliphatic rings. The maximum absolute atomic E-state index is 13.2. The van der Waals surface area contributed by atoms with Crippen LogP contribution in [0, 0.1) is 5.92 Å². The summed E-state index contributed by atoms with van der Waals surface area (Å²) in [7, 11) is 3.76. The van der Waals surface area contributed by atoms with E-state index in [1.54, 1.807) is 19.4 Å². The van der Waals surface area contributed by atoms with Gasteiger partial charge in [-0.05, 0) is 38.4 Å². The lowest BCUT2D eigenvalue weighted by atomic mass is 9.95. The van der Waals surface area contributed by atoms with Crippen LogP contribution in [0.2, 0.25) is 10.0 Å². The summed E-state index contributed by atoms with van der Waals surface area (Å²) in [4.78, 5) is 43.6. The van der Waals surface area contributed by atoms with Crippen LogP contribution in [-0.4, -0.2) is 98.3 Å². The second-order valence-electron chi connectivity index (χ2n) is 10.7. The molecule has 44 heavy (non-hydrogen) atoms. The van der Waals surface area contributed by atoms with Gasteiger partial charge in [-0.25, -0.2) is 9.97 Å². The number of thiophene rings is 1. The van der Waals surface area contributed by atoms with Crippen molar-refractivity contribution in [1.82, 2.24) is 19.8 Å². The van der Waals surface area contributed by atoms with Crippen LogP contribution in [0.1, 0.15) is 34.5 Å². The number of rotatable bonds is 11. The first-order valence-corrected chi connectivity index (χ1v) is 16.8. The Morgan fingerprint density at radius 2 is 1.93 bits per heavy atom. The predicted octanol–water partition coefficient (Wildman–Crippen LogP) is 5.79. The van der Waals surface area contributed by atoms with Gasteiger partial charge in [0.15, 0.2) is 5.13 Å². The van der Waals surface area contributed by atoms with Gasteiger partial charge in [-0.1, -0.05) is 34.5 Å². The van der Waals surface area contributed by atoms with Crippen molar-refractivity contribution in [3.63, 3.8) is 0 Å². The number of thiazole rings is 1. The second kappa shape index (κ2) is 16.5. The molecule has 3 aromatic heterocycles. The lowest BCUT2D eigenvalue weighted by molar-refractivity contribution is -0.140. The molecule has 15 heteroatoms. The second-order valence-corrected chi connectivity index (χ2v) is 13.5. The number of nitrogens with one attached hydrogen (secondary N) is 1. The van der Waals surface area contributed by atoms with Crippen molar-refractivity contribution in [3.8, 4) is 10.6 Å². The Kier molecular flexibility index (Phi) is 13.1. The average Bonchev–Trinajstić information content (AvgIpc) is 3.62. The van der Waals surface area contributed by atoms with E-state index in [0.29, 0.717) is 79.1 Å². The summed E-state index contributed by atoms with van der Waals surface area (Å²) in [5.41, 5.74) is 1.16. The maximum atomic E-state index is 13.2. The molecule has 0 radical (unpaired) electrons. The normalized spacial score (nSPS) is 15.8. The fraction of sp³-hybridized carbons (Fsp3) is 0.517. The van der Waals surface area contributed by atoms with E-state index >= 15 is 0 Å². The molecule has 0 unspecified atom stereocenters. The van der Waals surface area contributed by atoms with Crippen LogP contribution in [-0.2, 0) is 20.8 Å². The Hall–Kier alpha value is -2.03. The molecule has 0 bridgehead atoms. The minimum absolute atomic E-state index is 0. The summed E-state index contributed by atoms with van der Waals surface area (Å²) in [5, 5.41) is 6.37. The number of halogens is 3. The zero-order valence-corrected chi connectivity index (χ0v) is 28.7. The minimum Gasteiger partial charge on any atom is -0.385 e. The third-order valence-electron chi connectivity index (χ3n) is 7.57. The minimum atomic E-state index is -0.333. The van der Waals surface area contributed by atoms with Crippen molar-refractivity contribution < 1.29 is 19.1 Å². The van der Waals surface area contributed by atoms with Crippen molar-refractivity contribution in [2.45, 2.75) is 25.8 Å². The molecule has 5 rings (SSSR count). The van der Waals surface area contributed by atoms with E-state index in [-0.39, 0.29) is 30.1 Å². The first-order valence-electron chi connectivity index (χ1n) is 14.3. The lowest BCUT2D eigenvalue weighted by Crippen LogP contribution is -2.47. The summed E-state index contributed by atoms with van der Waals surface area (Å²) in [6.07, 6.45) is 3.94. The molecule has 1 N–H and O–H groups in total. The van der Waals surface area contributed by atoms with Crippen LogP contribution >= 0.6 is 58.3 Å². The average molecular weight is 704 g/mol. The van der Waals surface area contributed by atoms with Gasteiger partial charge in [-0.3, -0.25) is 14.9 Å². The number of anilines is 2. The fourth-order valence-corrected chi connectivity index (χ4v) is 7.77. The summed E-state index contributed by atoms with van der Waals surface area (Å²) < 4.78 is 10.6. The number of nitrogens with zero attached hydrogens (tertiary/aromatic N) is 5. The highest BCUT2D eigenvalue weighted by atomic mass is 35.5. The molecule has 0 atom stereocenters. The van der Waals surface area contributed by atoms with E-state index in [1.807, 2.05) is 16.3 Å². The lowest BCUT2D eigenvalue weighted by Gasteiger charge is -2.36. The highest BCUT2D eigenvalue weighted by molar-refractivity contribution is 7.17. The highest BCUT2D eigenvalue weighted by Gasteiger charge is 2.30. The van der Waals surface area contributed by atoms with Crippen molar-refractivity contribution in [2.75, 3.05) is 76.9 Å². The summed E-state index contributed by atoms with van der Waals surface area (Å²) >= 11 is 15.8. The molecule has 2 fully saturated rings. The van der Waals surface area contributed by atoms with Gasteiger partial charge in [-0.15, -0.1) is 23.7 Å². The maximum Gasteiger partial charge on any atom is 0.259 e. The molecule has 3 aromatic rings. The molecule has 0 saturated carbocycles. The van der Waals surface area contributed by atoms with Crippen molar-refractivity contribution >= 4 is 81.0 Å². The number of methoxy groups -OCH3 is 1. The van der Waals surface area contributed by atoms with Crippen LogP contribution in [0.5, 0.6) is 0 Å². The molecule has 10 nitrogen and oxygen atoms in total. The third kappa shape index (κ3) is 8.82. The molecular formula is C29H37Cl3N6O4S2. The predicted molar refractivity (Wildman–Crippen MR) is 180 cm³/mol. The van der Waals surface area contributed by atoms with Crippen LogP contribution in [0.15, 0.2) is 23.7 Å². The van der Waals surface area contributed by atoms with Gasteiger partial charge >= 0.3 is 0 Å². The van der Waals surface area contributed by atoms with E-state index in [1.165, 1.54) is 22.7 Å². The number of carbonyl (C=O) groups is 2. The molecule has 5 heterocycles. The number of amides is 2. The topological polar surface area (TPSA) is 100 Å². The van der Waals surface area contributed by atoms with Gasteiger partial charge in [0.1, 0.15) is 5.82 Å². The molecule has 0 aliphatic carbocycles. The number of pyridine rings is 1. The number of aromatic nitrogens is 2. The van der Waals surface area contributed by atoms with Gasteiger partial charge in [0, 0.05) is 75.4 Å². The van der Waals surface area contributed by atoms with Crippen LogP contribution in [0.3, 0.4) is 0 Å². The largest absolute Gasteiger partial charge is 0.385 e. The summed E-state index contributed by atoms with van der Waals surface area (Å²) in [5.74, 6) is 0.504. The summed E-state index contributed by atoms with van der Waals surface area (Å²) in [6, 6.07) is 3.54. The van der Waals surface area contributed by atoms with Crippen LogP contribution < -0.4 is 10.2 Å². The highest BCUT2D eigenvalue weighted by Crippen LogP contribution is 2.37. The summed E-state index contributed by atoms with van der Waals surface area (Å²) in [6.45, 7) is 6.13. The number of ether oxygens (including phenoxy) is 2. The number of piperidine rings is 1. The van der Waals surface area contributed by atoms with Gasteiger partial charge in [0.25, 0.3) is 5.91 Å².